The summed E-state index contributed by atoms with van der Waals surface area (Å²) in [6, 6.07) is 13.8. The van der Waals surface area contributed by atoms with E-state index in [1.165, 1.54) is 13.0 Å². The number of benzene rings is 3. The predicted molar refractivity (Wildman–Crippen MR) is 159 cm³/mol. The van der Waals surface area contributed by atoms with Gasteiger partial charge in [-0.05, 0) is 47.5 Å². The molecule has 218 valence electrons. The lowest BCUT2D eigenvalue weighted by Gasteiger charge is -2.47. The van der Waals surface area contributed by atoms with Crippen LogP contribution in [0, 0.1) is 5.82 Å². The molecular weight excluding hydrogens is 604 g/mol. The van der Waals surface area contributed by atoms with Gasteiger partial charge in [0.1, 0.15) is 17.3 Å². The average Bonchev–Trinajstić information content (AvgIpc) is 3.23. The van der Waals surface area contributed by atoms with Crippen molar-refractivity contribution in [2.24, 2.45) is 0 Å². The van der Waals surface area contributed by atoms with E-state index in [-0.39, 0.29) is 40.7 Å². The van der Waals surface area contributed by atoms with Crippen molar-refractivity contribution in [3.05, 3.63) is 92.2 Å². The van der Waals surface area contributed by atoms with E-state index in [1.54, 1.807) is 47.4 Å². The van der Waals surface area contributed by atoms with Crippen molar-refractivity contribution in [2.45, 2.75) is 49.7 Å². The second-order valence-corrected chi connectivity index (χ2v) is 12.2. The van der Waals surface area contributed by atoms with Gasteiger partial charge >= 0.3 is 0 Å². The molecule has 2 N–H and O–H groups in total. The van der Waals surface area contributed by atoms with E-state index in [1.807, 2.05) is 6.07 Å². The zero-order valence-electron chi connectivity index (χ0n) is 22.6. The first-order valence-electron chi connectivity index (χ1n) is 13.7. The van der Waals surface area contributed by atoms with Crippen LogP contribution in [-0.4, -0.2) is 41.8 Å². The highest BCUT2D eigenvalue weighted by atomic mass is 35.5. The number of ether oxygens (including phenoxy) is 1. The number of nitrogens with zero attached hydrogens (tertiary/aromatic N) is 1. The number of piperidine rings is 2. The molecule has 2 saturated heterocycles. The number of hydrogen-bond acceptors (Lipinski definition) is 4. The van der Waals surface area contributed by atoms with E-state index >= 15 is 4.39 Å². The van der Waals surface area contributed by atoms with Gasteiger partial charge < -0.3 is 20.3 Å². The number of hydrogen-bond donors (Lipinski definition) is 2. The molecule has 7 nitrogen and oxygen atoms in total. The highest BCUT2D eigenvalue weighted by Gasteiger charge is 2.62. The van der Waals surface area contributed by atoms with Crippen LogP contribution >= 0.6 is 34.8 Å². The molecule has 3 aliphatic rings. The fourth-order valence-electron chi connectivity index (χ4n) is 6.63. The number of carbonyl (C=O) groups is 3. The second kappa shape index (κ2) is 11.1. The topological polar surface area (TPSA) is 87.7 Å². The molecule has 1 spiro atoms. The molecule has 11 heteroatoms. The van der Waals surface area contributed by atoms with Gasteiger partial charge in [0.2, 0.25) is 17.7 Å². The summed E-state index contributed by atoms with van der Waals surface area (Å²) >= 11 is 19.0. The van der Waals surface area contributed by atoms with Gasteiger partial charge in [-0.15, -0.1) is 0 Å². The third-order valence-corrected chi connectivity index (χ3v) is 9.33. The van der Waals surface area contributed by atoms with Crippen LogP contribution in [0.5, 0.6) is 5.75 Å². The van der Waals surface area contributed by atoms with Crippen molar-refractivity contribution >= 4 is 58.2 Å². The molecule has 0 bridgehead atoms. The van der Waals surface area contributed by atoms with Gasteiger partial charge in [0.15, 0.2) is 5.82 Å². The molecule has 3 aromatic carbocycles. The Balaban J connectivity index is 1.53. The summed E-state index contributed by atoms with van der Waals surface area (Å²) in [6.07, 6.45) is 0.716. The molecule has 3 aliphatic heterocycles. The van der Waals surface area contributed by atoms with Crippen LogP contribution in [0.2, 0.25) is 15.1 Å². The molecule has 6 rings (SSSR count). The van der Waals surface area contributed by atoms with Crippen LogP contribution < -0.4 is 15.4 Å². The van der Waals surface area contributed by atoms with E-state index in [0.29, 0.717) is 52.8 Å². The maximum atomic E-state index is 16.3. The lowest BCUT2D eigenvalue weighted by Crippen LogP contribution is -2.57. The number of carbonyl (C=O) groups excluding carboxylic acids is 3. The van der Waals surface area contributed by atoms with Gasteiger partial charge in [-0.3, -0.25) is 14.4 Å². The first-order chi connectivity index (χ1) is 20.1. The Hall–Kier alpha value is -3.33. The fourth-order valence-corrected chi connectivity index (χ4v) is 7.17. The van der Waals surface area contributed by atoms with Crippen molar-refractivity contribution in [2.75, 3.05) is 18.4 Å². The summed E-state index contributed by atoms with van der Waals surface area (Å²) in [7, 11) is 0. The predicted octanol–water partition coefficient (Wildman–Crippen LogP) is 6.41. The minimum absolute atomic E-state index is 0.0170. The molecule has 42 heavy (non-hydrogen) atoms. The summed E-state index contributed by atoms with van der Waals surface area (Å²) in [5.74, 6) is -2.15. The maximum absolute atomic E-state index is 16.3. The molecule has 0 aromatic heterocycles. The minimum atomic E-state index is -1.50. The third-order valence-electron chi connectivity index (χ3n) is 8.56. The number of fused-ring (bicyclic) bond motifs is 2. The monoisotopic (exact) mass is 629 g/mol. The van der Waals surface area contributed by atoms with Gasteiger partial charge in [-0.2, -0.15) is 0 Å². The number of likely N-dealkylation sites (tertiary alicyclic amines) is 1. The summed E-state index contributed by atoms with van der Waals surface area (Å²) in [5, 5.41) is 6.55. The van der Waals surface area contributed by atoms with Crippen molar-refractivity contribution in [1.29, 1.82) is 0 Å². The van der Waals surface area contributed by atoms with E-state index in [9.17, 15) is 14.4 Å². The second-order valence-electron chi connectivity index (χ2n) is 10.9. The Morgan fingerprint density at radius 3 is 2.48 bits per heavy atom. The Morgan fingerprint density at radius 2 is 1.76 bits per heavy atom. The van der Waals surface area contributed by atoms with Crippen LogP contribution in [0.1, 0.15) is 54.8 Å². The van der Waals surface area contributed by atoms with Gasteiger partial charge in [-0.1, -0.05) is 53.0 Å². The molecule has 3 heterocycles. The maximum Gasteiger partial charge on any atom is 0.238 e. The van der Waals surface area contributed by atoms with Crippen molar-refractivity contribution < 1.29 is 23.5 Å². The van der Waals surface area contributed by atoms with Crippen LogP contribution in [0.25, 0.3) is 0 Å². The van der Waals surface area contributed by atoms with E-state index < -0.39 is 29.1 Å². The highest BCUT2D eigenvalue weighted by molar-refractivity contribution is 6.31. The minimum Gasteiger partial charge on any atom is -0.490 e. The van der Waals surface area contributed by atoms with Gasteiger partial charge in [0.05, 0.1) is 16.6 Å². The van der Waals surface area contributed by atoms with E-state index in [0.717, 1.165) is 0 Å². The largest absolute Gasteiger partial charge is 0.490 e. The number of rotatable bonds is 4. The smallest absolute Gasteiger partial charge is 0.238 e. The number of amides is 3. The summed E-state index contributed by atoms with van der Waals surface area (Å²) < 4.78 is 22.7. The summed E-state index contributed by atoms with van der Waals surface area (Å²) in [4.78, 5) is 41.3. The fraction of sp³-hybridized carbons (Fsp3) is 0.323. The van der Waals surface area contributed by atoms with Crippen molar-refractivity contribution in [3.8, 4) is 5.75 Å². The molecule has 3 amide bonds. The van der Waals surface area contributed by atoms with Gasteiger partial charge in [-0.25, -0.2) is 4.39 Å². The molecule has 3 atom stereocenters. The Bertz CT molecular complexity index is 1610. The third kappa shape index (κ3) is 4.79. The molecule has 0 unspecified atom stereocenters. The molecule has 0 aliphatic carbocycles. The van der Waals surface area contributed by atoms with Crippen LogP contribution in [-0.2, 0) is 19.8 Å². The normalized spacial score (nSPS) is 23.9. The quantitative estimate of drug-likeness (QED) is 0.349. The Kier molecular flexibility index (Phi) is 7.58. The van der Waals surface area contributed by atoms with E-state index in [2.05, 4.69) is 10.6 Å². The summed E-state index contributed by atoms with van der Waals surface area (Å²) in [6.45, 7) is 2.53. The van der Waals surface area contributed by atoms with Crippen LogP contribution in [0.3, 0.4) is 0 Å². The number of nitrogens with one attached hydrogen (secondary N) is 2. The Morgan fingerprint density at radius 1 is 1.02 bits per heavy atom. The number of halogens is 4. The highest BCUT2D eigenvalue weighted by Crippen LogP contribution is 2.59. The zero-order chi connectivity index (χ0) is 29.8. The standard InChI is InChI=1S/C31H27Cl3FN3O4/c1-16(39)38-11-9-20(10-12-38)42-25-8-7-23(34)28(35)27(25)29-31(21-6-5-19(33)14-24(21)36-30(31)41)22(15-26(40)37-29)17-3-2-4-18(32)13-17/h2-8,13-14,20,22,29H,9-12,15H2,1H3,(H,36,41)(H,37,40)/t22-,29+,31-/m0/s1. The van der Waals surface area contributed by atoms with Gasteiger partial charge in [0.25, 0.3) is 0 Å². The van der Waals surface area contributed by atoms with E-state index in [4.69, 9.17) is 39.5 Å². The molecular formula is C31H27Cl3FN3O4. The van der Waals surface area contributed by atoms with Gasteiger partial charge in [0, 0.05) is 60.9 Å². The summed E-state index contributed by atoms with van der Waals surface area (Å²) in [5.41, 5.74) is 0.172. The first kappa shape index (κ1) is 28.8. The molecule has 0 saturated carbocycles. The van der Waals surface area contributed by atoms with Crippen LogP contribution in [0.4, 0.5) is 10.1 Å². The van der Waals surface area contributed by atoms with Crippen molar-refractivity contribution in [3.63, 3.8) is 0 Å². The SMILES string of the molecule is CC(=O)N1CCC(Oc2ccc(Cl)c(F)c2[C@H]2NC(=O)C[C@@H](c3cccc(Cl)c3)[C@]23C(=O)Nc2cc(Cl)ccc23)CC1. The molecule has 2 fully saturated rings. The van der Waals surface area contributed by atoms with Crippen molar-refractivity contribution in [1.82, 2.24) is 10.2 Å². The first-order valence-corrected chi connectivity index (χ1v) is 14.8. The number of anilines is 1. The lowest BCUT2D eigenvalue weighted by molar-refractivity contribution is -0.132. The Labute approximate surface area is 257 Å². The molecule has 0 radical (unpaired) electrons. The zero-order valence-corrected chi connectivity index (χ0v) is 24.8. The van der Waals surface area contributed by atoms with Crippen LogP contribution in [0.15, 0.2) is 54.6 Å². The molecule has 3 aromatic rings. The lowest BCUT2D eigenvalue weighted by atomic mass is 9.59. The average molecular weight is 631 g/mol.